The summed E-state index contributed by atoms with van der Waals surface area (Å²) in [7, 11) is 0. The largest absolute Gasteiger partial charge is 0.396 e. The molecule has 0 radical (unpaired) electrons. The van der Waals surface area contributed by atoms with Gasteiger partial charge in [0.25, 0.3) is 0 Å². The summed E-state index contributed by atoms with van der Waals surface area (Å²) in [5.41, 5.74) is 5.76. The molecule has 0 saturated carbocycles. The molecule has 3 atom stereocenters. The third-order valence-electron chi connectivity index (χ3n) is 2.85. The number of rotatable bonds is 6. The van der Waals surface area contributed by atoms with E-state index in [4.69, 9.17) is 10.8 Å². The molecule has 0 aromatic carbocycles. The Morgan fingerprint density at radius 2 is 2.43 bits per heavy atom. The van der Waals surface area contributed by atoms with Crippen molar-refractivity contribution in [3.63, 3.8) is 0 Å². The molecule has 84 valence electrons. The van der Waals surface area contributed by atoms with E-state index in [9.17, 15) is 0 Å². The van der Waals surface area contributed by atoms with Crippen LogP contribution in [0.5, 0.6) is 0 Å². The number of aliphatic hydroxyl groups is 1. The van der Waals surface area contributed by atoms with Crippen molar-refractivity contribution >= 4 is 11.8 Å². The van der Waals surface area contributed by atoms with Crippen LogP contribution in [0.15, 0.2) is 0 Å². The molecule has 0 aromatic rings. The van der Waals surface area contributed by atoms with Gasteiger partial charge in [0.1, 0.15) is 0 Å². The van der Waals surface area contributed by atoms with Gasteiger partial charge in [0.2, 0.25) is 0 Å². The van der Waals surface area contributed by atoms with Gasteiger partial charge in [-0.1, -0.05) is 0 Å². The first-order valence-corrected chi connectivity index (χ1v) is 6.58. The van der Waals surface area contributed by atoms with E-state index in [1.807, 2.05) is 11.8 Å². The molecule has 4 N–H and O–H groups in total. The van der Waals surface area contributed by atoms with Crippen molar-refractivity contribution in [2.75, 3.05) is 24.7 Å². The minimum atomic E-state index is 0.255. The van der Waals surface area contributed by atoms with Gasteiger partial charge in [-0.2, -0.15) is 11.8 Å². The third kappa shape index (κ3) is 3.77. The Labute approximate surface area is 90.8 Å². The van der Waals surface area contributed by atoms with Crippen molar-refractivity contribution < 1.29 is 5.11 Å². The summed E-state index contributed by atoms with van der Waals surface area (Å²) < 4.78 is 0. The molecule has 0 aromatic heterocycles. The molecule has 0 amide bonds. The topological polar surface area (TPSA) is 58.3 Å². The predicted octanol–water partition coefficient (Wildman–Crippen LogP) is 0.427. The maximum absolute atomic E-state index is 8.81. The number of nitrogens with two attached hydrogens (primary N) is 1. The second kappa shape index (κ2) is 6.67. The van der Waals surface area contributed by atoms with E-state index in [0.29, 0.717) is 18.6 Å². The van der Waals surface area contributed by atoms with Crippen molar-refractivity contribution in [2.45, 2.75) is 31.8 Å². The quantitative estimate of drug-likeness (QED) is 0.605. The minimum Gasteiger partial charge on any atom is -0.396 e. The molecule has 3 unspecified atom stereocenters. The van der Waals surface area contributed by atoms with Crippen molar-refractivity contribution in [3.8, 4) is 0 Å². The highest BCUT2D eigenvalue weighted by molar-refractivity contribution is 7.99. The smallest absolute Gasteiger partial charge is 0.0445 e. The second-order valence-corrected chi connectivity index (χ2v) is 5.20. The van der Waals surface area contributed by atoms with Crippen LogP contribution in [0.25, 0.3) is 0 Å². The first-order valence-electron chi connectivity index (χ1n) is 5.42. The van der Waals surface area contributed by atoms with Crippen molar-refractivity contribution in [2.24, 2.45) is 11.7 Å². The summed E-state index contributed by atoms with van der Waals surface area (Å²) in [5, 5.41) is 12.3. The maximum Gasteiger partial charge on any atom is 0.0445 e. The van der Waals surface area contributed by atoms with Gasteiger partial charge in [0.15, 0.2) is 0 Å². The minimum absolute atomic E-state index is 0.255. The highest BCUT2D eigenvalue weighted by atomic mass is 32.2. The van der Waals surface area contributed by atoms with E-state index >= 15 is 0 Å². The number of nitrogens with one attached hydrogen (secondary N) is 1. The molecule has 1 saturated heterocycles. The summed E-state index contributed by atoms with van der Waals surface area (Å²) in [4.78, 5) is 0. The van der Waals surface area contributed by atoms with Crippen LogP contribution in [0.3, 0.4) is 0 Å². The van der Waals surface area contributed by atoms with Gasteiger partial charge in [-0.05, 0) is 37.2 Å². The van der Waals surface area contributed by atoms with E-state index in [1.165, 1.54) is 17.9 Å². The highest BCUT2D eigenvalue weighted by Gasteiger charge is 2.24. The lowest BCUT2D eigenvalue weighted by Gasteiger charge is -2.26. The third-order valence-corrected chi connectivity index (χ3v) is 4.04. The molecule has 0 bridgehead atoms. The molecule has 1 heterocycles. The van der Waals surface area contributed by atoms with Crippen LogP contribution in [0.4, 0.5) is 0 Å². The van der Waals surface area contributed by atoms with E-state index in [-0.39, 0.29) is 6.61 Å². The summed E-state index contributed by atoms with van der Waals surface area (Å²) in [6, 6.07) is 0.811. The van der Waals surface area contributed by atoms with Crippen LogP contribution in [-0.2, 0) is 0 Å². The standard InChI is InChI=1S/C10H22N2OS/c1-8(2-4-13)12-10(6-11)9-3-5-14-7-9/h8-10,12-13H,2-7,11H2,1H3. The normalized spacial score (nSPS) is 26.4. The van der Waals surface area contributed by atoms with Gasteiger partial charge in [-0.3, -0.25) is 0 Å². The zero-order chi connectivity index (χ0) is 10.4. The van der Waals surface area contributed by atoms with Crippen LogP contribution in [0.1, 0.15) is 19.8 Å². The van der Waals surface area contributed by atoms with E-state index in [2.05, 4.69) is 12.2 Å². The van der Waals surface area contributed by atoms with Gasteiger partial charge in [0.05, 0.1) is 0 Å². The Balaban J connectivity index is 2.29. The van der Waals surface area contributed by atoms with Crippen LogP contribution >= 0.6 is 11.8 Å². The van der Waals surface area contributed by atoms with Crippen molar-refractivity contribution in [1.82, 2.24) is 5.32 Å². The van der Waals surface area contributed by atoms with Gasteiger partial charge in [-0.15, -0.1) is 0 Å². The summed E-state index contributed by atoms with van der Waals surface area (Å²) >= 11 is 2.02. The lowest BCUT2D eigenvalue weighted by molar-refractivity contribution is 0.254. The molecule has 1 fully saturated rings. The molecule has 4 heteroatoms. The maximum atomic E-state index is 8.81. The monoisotopic (exact) mass is 218 g/mol. The van der Waals surface area contributed by atoms with Crippen LogP contribution in [0.2, 0.25) is 0 Å². The average Bonchev–Trinajstić information content (AvgIpc) is 2.67. The molecular weight excluding hydrogens is 196 g/mol. The van der Waals surface area contributed by atoms with Gasteiger partial charge in [0, 0.05) is 25.2 Å². The molecule has 1 aliphatic heterocycles. The Bertz CT molecular complexity index is 151. The molecule has 0 spiro atoms. The van der Waals surface area contributed by atoms with Gasteiger partial charge < -0.3 is 16.2 Å². The fourth-order valence-corrected chi connectivity index (χ4v) is 3.25. The van der Waals surface area contributed by atoms with Crippen molar-refractivity contribution in [3.05, 3.63) is 0 Å². The van der Waals surface area contributed by atoms with E-state index in [0.717, 1.165) is 12.3 Å². The zero-order valence-electron chi connectivity index (χ0n) is 8.91. The van der Waals surface area contributed by atoms with Crippen LogP contribution < -0.4 is 11.1 Å². The average molecular weight is 218 g/mol. The molecule has 1 rings (SSSR count). The first-order chi connectivity index (χ1) is 6.77. The Kier molecular flexibility index (Phi) is 5.86. The number of hydrogen-bond donors (Lipinski definition) is 3. The van der Waals surface area contributed by atoms with Crippen LogP contribution in [0, 0.1) is 5.92 Å². The SMILES string of the molecule is CC(CCO)NC(CN)C1CCSC1. The molecule has 0 aliphatic carbocycles. The number of aliphatic hydroxyl groups excluding tert-OH is 1. The summed E-state index contributed by atoms with van der Waals surface area (Å²) in [6.07, 6.45) is 2.10. The van der Waals surface area contributed by atoms with Crippen molar-refractivity contribution in [1.29, 1.82) is 0 Å². The number of thioether (sulfide) groups is 1. The first kappa shape index (κ1) is 12.3. The Morgan fingerprint density at radius 3 is 2.93 bits per heavy atom. The summed E-state index contributed by atoms with van der Waals surface area (Å²) in [6.45, 7) is 3.08. The summed E-state index contributed by atoms with van der Waals surface area (Å²) in [5.74, 6) is 3.24. The zero-order valence-corrected chi connectivity index (χ0v) is 9.72. The van der Waals surface area contributed by atoms with E-state index in [1.54, 1.807) is 0 Å². The second-order valence-electron chi connectivity index (χ2n) is 4.05. The lowest BCUT2D eigenvalue weighted by Crippen LogP contribution is -2.46. The Morgan fingerprint density at radius 1 is 1.64 bits per heavy atom. The van der Waals surface area contributed by atoms with Crippen LogP contribution in [-0.4, -0.2) is 41.8 Å². The van der Waals surface area contributed by atoms with Gasteiger partial charge >= 0.3 is 0 Å². The fraction of sp³-hybridized carbons (Fsp3) is 1.00. The number of hydrogen-bond acceptors (Lipinski definition) is 4. The fourth-order valence-electron chi connectivity index (χ4n) is 1.91. The lowest BCUT2D eigenvalue weighted by atomic mass is 9.98. The molecule has 3 nitrogen and oxygen atoms in total. The predicted molar refractivity (Wildman–Crippen MR) is 62.6 cm³/mol. The molecule has 1 aliphatic rings. The van der Waals surface area contributed by atoms with Gasteiger partial charge in [-0.25, -0.2) is 0 Å². The molecular formula is C10H22N2OS. The van der Waals surface area contributed by atoms with E-state index < -0.39 is 0 Å². The Hall–Kier alpha value is 0.230. The molecule has 14 heavy (non-hydrogen) atoms. The highest BCUT2D eigenvalue weighted by Crippen LogP contribution is 2.26.